The van der Waals surface area contributed by atoms with Crippen LogP contribution < -0.4 is 15.3 Å². The number of benzene rings is 3. The van der Waals surface area contributed by atoms with Gasteiger partial charge in [0, 0.05) is 16.2 Å². The molecule has 0 aliphatic carbocycles. The number of fused-ring (bicyclic) bond motifs is 3. The molecule has 0 fully saturated rings. The fourth-order valence-electron chi connectivity index (χ4n) is 3.74. The predicted octanol–water partition coefficient (Wildman–Crippen LogP) is 0.909. The maximum atomic E-state index is 10.5. The summed E-state index contributed by atoms with van der Waals surface area (Å²) in [4.78, 5) is 42.8. The van der Waals surface area contributed by atoms with E-state index in [0.717, 1.165) is 0 Å². The summed E-state index contributed by atoms with van der Waals surface area (Å²) in [5.41, 5.74) is 0.273. The molecule has 3 heterocycles. The van der Waals surface area contributed by atoms with Crippen LogP contribution in [0.5, 0.6) is 17.2 Å². The van der Waals surface area contributed by atoms with E-state index in [4.69, 9.17) is 0 Å². The molecule has 3 aromatic heterocycles. The van der Waals surface area contributed by atoms with Crippen molar-refractivity contribution in [3.63, 3.8) is 0 Å². The van der Waals surface area contributed by atoms with Crippen molar-refractivity contribution in [2.24, 2.45) is 0 Å². The summed E-state index contributed by atoms with van der Waals surface area (Å²) in [6.07, 6.45) is 0. The Morgan fingerprint density at radius 3 is 0.930 bits per heavy atom. The molecule has 0 aliphatic heterocycles. The number of aromatic hydroxyl groups is 3. The molecule has 0 spiro atoms. The number of aromatic carboxylic acids is 3. The summed E-state index contributed by atoms with van der Waals surface area (Å²) < 4.78 is 0. The molecule has 0 aliphatic rings. The van der Waals surface area contributed by atoms with Crippen LogP contribution in [0.25, 0.3) is 32.7 Å². The Balaban J connectivity index is 0.000000175. The van der Waals surface area contributed by atoms with Crippen molar-refractivity contribution >= 4 is 50.6 Å². The third-order valence-electron chi connectivity index (χ3n) is 5.72. The standard InChI is InChI=1S/3C10H7NO3.Fe/c3*12-8-3-1-2-6-4-5-7(10(13)14)11-9(6)8;/h3*1-5,12H,(H,13,14);/q;;;+3/p-3. The average molecular weight is 620 g/mol. The second-order valence-electron chi connectivity index (χ2n) is 8.50. The minimum Gasteiger partial charge on any atom is -0.543 e. The average Bonchev–Trinajstić information content (AvgIpc) is 2.98. The number of pyridine rings is 3. The minimum atomic E-state index is -1.35. The third-order valence-corrected chi connectivity index (χ3v) is 5.72. The number of nitrogens with zero attached hydrogens (tertiary/aromatic N) is 3. The molecule has 0 saturated carbocycles. The summed E-state index contributed by atoms with van der Waals surface area (Å²) in [7, 11) is 0. The Bertz CT molecular complexity index is 1760. The number of rotatable bonds is 3. The molecular weight excluding hydrogens is 602 g/mol. The van der Waals surface area contributed by atoms with Crippen LogP contribution in [0.2, 0.25) is 0 Å². The Kier molecular flexibility index (Phi) is 10.1. The van der Waals surface area contributed by atoms with Crippen molar-refractivity contribution in [3.05, 3.63) is 108 Å². The summed E-state index contributed by atoms with van der Waals surface area (Å²) in [5, 5.41) is 61.8. The van der Waals surface area contributed by atoms with Crippen LogP contribution in [-0.2, 0) is 17.1 Å². The summed E-state index contributed by atoms with van der Waals surface area (Å²) in [5.74, 6) is -4.16. The number of carboxylic acid groups (broad SMARTS) is 3. The van der Waals surface area contributed by atoms with Crippen LogP contribution in [0.15, 0.2) is 91.0 Å². The van der Waals surface area contributed by atoms with Crippen molar-refractivity contribution in [3.8, 4) is 17.2 Å². The van der Waals surface area contributed by atoms with Crippen molar-refractivity contribution in [1.82, 2.24) is 15.0 Å². The topological polar surface area (TPSA) is 220 Å². The Labute approximate surface area is 252 Å². The molecule has 13 heteroatoms. The van der Waals surface area contributed by atoms with Crippen LogP contribution >= 0.6 is 0 Å². The molecule has 1 radical (unpaired) electrons. The van der Waals surface area contributed by atoms with Crippen molar-refractivity contribution in [2.75, 3.05) is 0 Å². The SMILES string of the molecule is O=C([O-])c1ccc2cccc(O)c2n1.O=C([O-])c1ccc2cccc(O)c2n1.O=C([O-])c1ccc2cccc(O)c2n1.[Fe+3]. The molecule has 3 aromatic carbocycles. The van der Waals surface area contributed by atoms with Gasteiger partial charge in [0.25, 0.3) is 0 Å². The van der Waals surface area contributed by atoms with Crippen LogP contribution in [0.4, 0.5) is 0 Å². The van der Waals surface area contributed by atoms with E-state index in [9.17, 15) is 45.0 Å². The van der Waals surface area contributed by atoms with Gasteiger partial charge in [-0.15, -0.1) is 0 Å². The molecule has 0 unspecified atom stereocenters. The van der Waals surface area contributed by atoms with Crippen molar-refractivity contribution in [1.29, 1.82) is 0 Å². The quantitative estimate of drug-likeness (QED) is 0.235. The molecule has 0 atom stereocenters. The zero-order valence-electron chi connectivity index (χ0n) is 21.6. The van der Waals surface area contributed by atoms with Gasteiger partial charge in [0.1, 0.15) is 33.8 Å². The van der Waals surface area contributed by atoms with Gasteiger partial charge in [-0.25, -0.2) is 15.0 Å². The first kappa shape index (κ1) is 31.7. The van der Waals surface area contributed by atoms with Gasteiger partial charge in [-0.2, -0.15) is 0 Å². The van der Waals surface area contributed by atoms with Crippen molar-refractivity contribution < 1.29 is 62.1 Å². The van der Waals surface area contributed by atoms with E-state index in [-0.39, 0.29) is 67.9 Å². The van der Waals surface area contributed by atoms with Crippen LogP contribution in [-0.4, -0.2) is 48.2 Å². The monoisotopic (exact) mass is 620 g/mol. The first-order valence-electron chi connectivity index (χ1n) is 12.0. The molecule has 0 saturated heterocycles. The third kappa shape index (κ3) is 7.50. The van der Waals surface area contributed by atoms with Gasteiger partial charge >= 0.3 is 17.1 Å². The zero-order valence-corrected chi connectivity index (χ0v) is 22.8. The fraction of sp³-hybridized carbons (Fsp3) is 0. The second-order valence-corrected chi connectivity index (χ2v) is 8.50. The number of phenols is 3. The van der Waals surface area contributed by atoms with Gasteiger partial charge in [-0.3, -0.25) is 0 Å². The van der Waals surface area contributed by atoms with Gasteiger partial charge < -0.3 is 45.0 Å². The van der Waals surface area contributed by atoms with Gasteiger partial charge in [-0.05, 0) is 36.4 Å². The van der Waals surface area contributed by atoms with E-state index in [1.165, 1.54) is 36.4 Å². The van der Waals surface area contributed by atoms with E-state index < -0.39 is 17.9 Å². The molecule has 6 rings (SSSR count). The number of carbonyl (C=O) groups is 3. The van der Waals surface area contributed by atoms with Gasteiger partial charge in [0.05, 0.1) is 35.0 Å². The maximum Gasteiger partial charge on any atom is 3.00 e. The predicted molar refractivity (Wildman–Crippen MR) is 143 cm³/mol. The summed E-state index contributed by atoms with van der Waals surface area (Å²) >= 11 is 0. The number of para-hydroxylation sites is 3. The van der Waals surface area contributed by atoms with E-state index in [1.54, 1.807) is 54.6 Å². The molecule has 43 heavy (non-hydrogen) atoms. The molecule has 12 nitrogen and oxygen atoms in total. The van der Waals surface area contributed by atoms with Crippen LogP contribution in [0.3, 0.4) is 0 Å². The molecule has 0 amide bonds. The smallest absolute Gasteiger partial charge is 0.543 e. The second kappa shape index (κ2) is 13.7. The fourth-order valence-corrected chi connectivity index (χ4v) is 3.74. The van der Waals surface area contributed by atoms with Crippen LogP contribution in [0.1, 0.15) is 31.5 Å². The molecule has 215 valence electrons. The number of carbonyl (C=O) groups excluding carboxylic acids is 3. The molecular formula is C30H18FeN3O9. The number of carboxylic acids is 3. The largest absolute Gasteiger partial charge is 3.00 e. The number of hydrogen-bond acceptors (Lipinski definition) is 12. The number of phenolic OH excluding ortho intramolecular Hbond substituents is 3. The van der Waals surface area contributed by atoms with Gasteiger partial charge in [0.2, 0.25) is 0 Å². The first-order chi connectivity index (χ1) is 20.0. The van der Waals surface area contributed by atoms with Crippen LogP contribution in [0, 0.1) is 0 Å². The van der Waals surface area contributed by atoms with E-state index >= 15 is 0 Å². The summed E-state index contributed by atoms with van der Waals surface area (Å²) in [6.45, 7) is 0. The van der Waals surface area contributed by atoms with E-state index in [1.807, 2.05) is 0 Å². The van der Waals surface area contributed by atoms with E-state index in [0.29, 0.717) is 16.2 Å². The zero-order chi connectivity index (χ0) is 30.4. The number of aromatic nitrogens is 3. The Morgan fingerprint density at radius 1 is 0.442 bits per heavy atom. The van der Waals surface area contributed by atoms with Gasteiger partial charge in [-0.1, -0.05) is 54.6 Å². The van der Waals surface area contributed by atoms with Gasteiger partial charge in [0.15, 0.2) is 0 Å². The molecule has 6 aromatic rings. The first-order valence-corrected chi connectivity index (χ1v) is 12.0. The molecule has 0 bridgehead atoms. The normalized spacial score (nSPS) is 10.0. The Hall–Kier alpha value is -5.78. The maximum absolute atomic E-state index is 10.5. The van der Waals surface area contributed by atoms with Crippen molar-refractivity contribution in [2.45, 2.75) is 0 Å². The Morgan fingerprint density at radius 2 is 0.698 bits per heavy atom. The summed E-state index contributed by atoms with van der Waals surface area (Å²) in [6, 6.07) is 23.3. The number of hydrogen-bond donors (Lipinski definition) is 3. The minimum absolute atomic E-state index is 0. The molecule has 3 N–H and O–H groups in total. The van der Waals surface area contributed by atoms with E-state index in [2.05, 4.69) is 15.0 Å².